The van der Waals surface area contributed by atoms with Crippen molar-refractivity contribution in [3.8, 4) is 0 Å². The van der Waals surface area contributed by atoms with Gasteiger partial charge in [-0.25, -0.2) is 9.59 Å². The fraction of sp³-hybridized carbons (Fsp3) is 0.220. The number of aromatic amines is 1. The molecule has 8 heteroatoms. The smallest absolute Gasteiger partial charge is 0.355 e. The molecule has 0 saturated heterocycles. The highest BCUT2D eigenvalue weighted by molar-refractivity contribution is 7.96. The first kappa shape index (κ1) is 35.2. The molecule has 0 radical (unpaired) electrons. The van der Waals surface area contributed by atoms with Crippen LogP contribution in [-0.4, -0.2) is 40.9 Å². The molecule has 252 valence electrons. The Morgan fingerprint density at radius 3 is 1.61 bits per heavy atom. The van der Waals surface area contributed by atoms with Gasteiger partial charge in [0.2, 0.25) is 0 Å². The Hall–Kier alpha value is -5.13. The normalized spacial score (nSPS) is 11.4. The van der Waals surface area contributed by atoms with Crippen LogP contribution in [0.4, 0.5) is 0 Å². The third-order valence-electron chi connectivity index (χ3n) is 8.20. The lowest BCUT2D eigenvalue weighted by Gasteiger charge is -2.32. The first-order valence-electron chi connectivity index (χ1n) is 16.2. The van der Waals surface area contributed by atoms with Gasteiger partial charge in [-0.05, 0) is 73.6 Å². The zero-order chi connectivity index (χ0) is 35.0. The Morgan fingerprint density at radius 2 is 1.16 bits per heavy atom. The van der Waals surface area contributed by atoms with Gasteiger partial charge in [-0.15, -0.1) is 0 Å². The molecule has 0 spiro atoms. The predicted molar refractivity (Wildman–Crippen MR) is 197 cm³/mol. The van der Waals surface area contributed by atoms with Crippen LogP contribution in [0.25, 0.3) is 0 Å². The minimum atomic E-state index is -3.04. The van der Waals surface area contributed by atoms with Crippen molar-refractivity contribution in [2.45, 2.75) is 52.7 Å². The van der Waals surface area contributed by atoms with E-state index in [0.29, 0.717) is 22.1 Å². The summed E-state index contributed by atoms with van der Waals surface area (Å²) in [7, 11) is 1.33. The maximum Gasteiger partial charge on any atom is 0.355 e. The van der Waals surface area contributed by atoms with Gasteiger partial charge in [-0.3, -0.25) is 4.79 Å². The SMILES string of the molecule is COC(=O)CCc1c(C(=O)OC(C)(C)C)[nH]c(C(C(=O)OCc2ccccc2)=P(c2ccccc2)(c2ccccc2)c2ccccc2)c1C. The Labute approximate surface area is 288 Å². The maximum absolute atomic E-state index is 15.0. The summed E-state index contributed by atoms with van der Waals surface area (Å²) in [4.78, 5) is 44.6. The number of ether oxygens (including phenoxy) is 3. The molecule has 0 aliphatic heterocycles. The summed E-state index contributed by atoms with van der Waals surface area (Å²) in [6.45, 7) is 4.26. The molecule has 4 aromatic carbocycles. The van der Waals surface area contributed by atoms with E-state index in [1.807, 2.05) is 128 Å². The number of methoxy groups -OCH3 is 1. The van der Waals surface area contributed by atoms with Crippen LogP contribution in [0, 0.1) is 6.92 Å². The fourth-order valence-electron chi connectivity index (χ4n) is 6.00. The molecule has 0 atom stereocenters. The maximum atomic E-state index is 15.0. The van der Waals surface area contributed by atoms with Crippen molar-refractivity contribution < 1.29 is 28.6 Å². The monoisotopic (exact) mass is 675 g/mol. The molecule has 5 aromatic rings. The van der Waals surface area contributed by atoms with Gasteiger partial charge in [0, 0.05) is 6.42 Å². The van der Waals surface area contributed by atoms with Crippen LogP contribution in [-0.2, 0) is 36.8 Å². The van der Waals surface area contributed by atoms with Gasteiger partial charge in [-0.1, -0.05) is 121 Å². The van der Waals surface area contributed by atoms with E-state index in [0.717, 1.165) is 21.5 Å². The van der Waals surface area contributed by atoms with E-state index in [-0.39, 0.29) is 25.1 Å². The molecule has 49 heavy (non-hydrogen) atoms. The van der Waals surface area contributed by atoms with Gasteiger partial charge in [-0.2, -0.15) is 0 Å². The van der Waals surface area contributed by atoms with Crippen molar-refractivity contribution in [1.82, 2.24) is 4.98 Å². The van der Waals surface area contributed by atoms with E-state index in [1.54, 1.807) is 20.8 Å². The van der Waals surface area contributed by atoms with E-state index in [9.17, 15) is 9.59 Å². The lowest BCUT2D eigenvalue weighted by atomic mass is 10.0. The topological polar surface area (TPSA) is 94.7 Å². The molecule has 0 aliphatic carbocycles. The van der Waals surface area contributed by atoms with Crippen LogP contribution < -0.4 is 15.9 Å². The van der Waals surface area contributed by atoms with Crippen LogP contribution in [0.3, 0.4) is 0 Å². The number of hydrogen-bond acceptors (Lipinski definition) is 6. The van der Waals surface area contributed by atoms with Crippen molar-refractivity contribution in [2.24, 2.45) is 0 Å². The Bertz CT molecular complexity index is 1860. The van der Waals surface area contributed by atoms with Crippen molar-refractivity contribution in [1.29, 1.82) is 0 Å². The van der Waals surface area contributed by atoms with Crippen molar-refractivity contribution >= 4 is 46.0 Å². The average Bonchev–Trinajstić information content (AvgIpc) is 3.44. The van der Waals surface area contributed by atoms with Gasteiger partial charge in [0.15, 0.2) is 0 Å². The third-order valence-corrected chi connectivity index (χ3v) is 12.5. The highest BCUT2D eigenvalue weighted by Gasteiger charge is 2.38. The number of rotatable bonds is 11. The van der Waals surface area contributed by atoms with Crippen molar-refractivity contribution in [2.75, 3.05) is 7.11 Å². The summed E-state index contributed by atoms with van der Waals surface area (Å²) in [6.07, 6.45) is 0.234. The summed E-state index contributed by atoms with van der Waals surface area (Å²) in [6, 6.07) is 39.5. The van der Waals surface area contributed by atoms with Gasteiger partial charge < -0.3 is 19.2 Å². The molecule has 0 aliphatic rings. The molecule has 0 saturated carbocycles. The fourth-order valence-corrected chi connectivity index (χ4v) is 10.4. The van der Waals surface area contributed by atoms with Gasteiger partial charge >= 0.3 is 17.9 Å². The summed E-state index contributed by atoms with van der Waals surface area (Å²) in [5.41, 5.74) is 1.94. The van der Waals surface area contributed by atoms with Crippen LogP contribution in [0.1, 0.15) is 60.1 Å². The number of hydrogen-bond donors (Lipinski definition) is 1. The molecule has 1 N–H and O–H groups in total. The molecule has 0 amide bonds. The van der Waals surface area contributed by atoms with E-state index >= 15 is 4.79 Å². The molecule has 0 bridgehead atoms. The molecule has 0 fully saturated rings. The molecule has 1 heterocycles. The molecule has 7 nitrogen and oxygen atoms in total. The number of benzene rings is 4. The molecule has 0 unspecified atom stereocenters. The number of esters is 3. The van der Waals surface area contributed by atoms with Crippen molar-refractivity contribution in [3.63, 3.8) is 0 Å². The second kappa shape index (κ2) is 15.4. The van der Waals surface area contributed by atoms with Crippen LogP contribution >= 0.6 is 6.89 Å². The number of H-pyrrole nitrogens is 1. The molecule has 1 aromatic heterocycles. The van der Waals surface area contributed by atoms with Crippen LogP contribution in [0.2, 0.25) is 0 Å². The lowest BCUT2D eigenvalue weighted by Crippen LogP contribution is -2.35. The van der Waals surface area contributed by atoms with E-state index in [2.05, 4.69) is 4.98 Å². The molecule has 5 rings (SSSR count). The van der Waals surface area contributed by atoms with Gasteiger partial charge in [0.25, 0.3) is 0 Å². The average molecular weight is 676 g/mol. The van der Waals surface area contributed by atoms with E-state index < -0.39 is 30.4 Å². The number of carbonyl (C=O) groups is 3. The van der Waals surface area contributed by atoms with Gasteiger partial charge in [0.05, 0.1) is 18.1 Å². The van der Waals surface area contributed by atoms with E-state index in [4.69, 9.17) is 14.2 Å². The number of nitrogens with one attached hydrogen (secondary N) is 1. The second-order valence-corrected chi connectivity index (χ2v) is 16.0. The van der Waals surface area contributed by atoms with Crippen LogP contribution in [0.15, 0.2) is 121 Å². The Kier molecular flexibility index (Phi) is 11.1. The lowest BCUT2D eigenvalue weighted by molar-refractivity contribution is -0.140. The summed E-state index contributed by atoms with van der Waals surface area (Å²) in [5.74, 6) is -1.52. The minimum Gasteiger partial charge on any atom is -0.469 e. The third kappa shape index (κ3) is 7.79. The van der Waals surface area contributed by atoms with Crippen LogP contribution in [0.5, 0.6) is 0 Å². The Morgan fingerprint density at radius 1 is 0.694 bits per heavy atom. The predicted octanol–water partition coefficient (Wildman–Crippen LogP) is 6.64. The van der Waals surface area contributed by atoms with Crippen molar-refractivity contribution in [3.05, 3.63) is 149 Å². The highest BCUT2D eigenvalue weighted by Crippen LogP contribution is 2.48. The number of carbonyl (C=O) groups excluding carboxylic acids is 3. The van der Waals surface area contributed by atoms with Gasteiger partial charge in [0.1, 0.15) is 17.9 Å². The second-order valence-electron chi connectivity index (χ2n) is 12.6. The zero-order valence-electron chi connectivity index (χ0n) is 28.6. The summed E-state index contributed by atoms with van der Waals surface area (Å²) in [5, 5.41) is 3.20. The largest absolute Gasteiger partial charge is 0.469 e. The number of aromatic nitrogens is 1. The standard InChI is InChI=1S/C41H42NO6P/c1-29-34(26-27-35(43)46-5)37(39(44)48-41(2,3)4)42-36(29)38(40(45)47-28-30-18-10-6-11-19-30)49(31-20-12-7-13-21-31,32-22-14-8-15-23-32)33-24-16-9-17-25-33/h6-25,42H,26-28H2,1-5H3. The first-order valence-corrected chi connectivity index (χ1v) is 18.0. The molecular formula is C41H42NO6P. The summed E-state index contributed by atoms with van der Waals surface area (Å²) >= 11 is 0. The zero-order valence-corrected chi connectivity index (χ0v) is 29.5. The summed E-state index contributed by atoms with van der Waals surface area (Å²) < 4.78 is 17.0. The first-order chi connectivity index (χ1) is 23.6. The molecular weight excluding hydrogens is 633 g/mol. The minimum absolute atomic E-state index is 0.0363. The van der Waals surface area contributed by atoms with E-state index in [1.165, 1.54) is 7.11 Å². The Balaban J connectivity index is 1.93. The highest BCUT2D eigenvalue weighted by atomic mass is 31.2. The quantitative estimate of drug-likeness (QED) is 0.0959.